The van der Waals surface area contributed by atoms with E-state index in [4.69, 9.17) is 4.74 Å². The van der Waals surface area contributed by atoms with Gasteiger partial charge in [0.2, 0.25) is 5.91 Å². The van der Waals surface area contributed by atoms with Gasteiger partial charge in [-0.2, -0.15) is 0 Å². The summed E-state index contributed by atoms with van der Waals surface area (Å²) < 4.78 is 46.6. The fourth-order valence-corrected chi connectivity index (χ4v) is 3.90. The summed E-state index contributed by atoms with van der Waals surface area (Å²) in [6, 6.07) is 3.84. The third kappa shape index (κ3) is 6.38. The first kappa shape index (κ1) is 21.5. The average Bonchev–Trinajstić information content (AvgIpc) is 3.02. The molecular weight excluding hydrogens is 411 g/mol. The summed E-state index contributed by atoms with van der Waals surface area (Å²) in [6.45, 7) is 2.71. The van der Waals surface area contributed by atoms with Crippen LogP contribution in [-0.4, -0.2) is 79.3 Å². The quantitative estimate of drug-likeness (QED) is 0.669. The largest absolute Gasteiger partial charge is 0.573 e. The predicted octanol–water partition coefficient (Wildman–Crippen LogP) is 2.10. The van der Waals surface area contributed by atoms with Gasteiger partial charge in [0, 0.05) is 20.1 Å². The zero-order valence-electron chi connectivity index (χ0n) is 15.7. The van der Waals surface area contributed by atoms with Crippen molar-refractivity contribution in [1.29, 1.82) is 0 Å². The standard InChI is InChI=1S/C18H20F3N3O4S/c1-23(17(26)11-24-4-6-27-7-5-24)10-12(25)8-16-22-14-3-2-13(9-15(14)29-16)28-18(19,20)21/h2-3,9H,4-8,10-11H2,1H3. The Morgan fingerprint density at radius 2 is 2.03 bits per heavy atom. The molecule has 0 bridgehead atoms. The third-order valence-corrected chi connectivity index (χ3v) is 5.31. The number of halogens is 3. The predicted molar refractivity (Wildman–Crippen MR) is 99.9 cm³/mol. The number of fused-ring (bicyclic) bond motifs is 1. The first-order valence-electron chi connectivity index (χ1n) is 8.90. The fourth-order valence-electron chi connectivity index (χ4n) is 2.87. The van der Waals surface area contributed by atoms with E-state index in [2.05, 4.69) is 9.72 Å². The third-order valence-electron chi connectivity index (χ3n) is 4.29. The van der Waals surface area contributed by atoms with Crippen LogP contribution in [0.5, 0.6) is 5.75 Å². The van der Waals surface area contributed by atoms with Crippen LogP contribution in [0.4, 0.5) is 13.2 Å². The van der Waals surface area contributed by atoms with Crippen LogP contribution >= 0.6 is 11.3 Å². The molecule has 1 aliphatic rings. The first-order chi connectivity index (χ1) is 13.7. The molecule has 0 N–H and O–H groups in total. The Kier molecular flexibility index (Phi) is 6.70. The molecule has 158 valence electrons. The highest BCUT2D eigenvalue weighted by Crippen LogP contribution is 2.29. The van der Waals surface area contributed by atoms with E-state index in [1.54, 1.807) is 7.05 Å². The molecule has 3 rings (SSSR count). The van der Waals surface area contributed by atoms with Crippen LogP contribution in [0, 0.1) is 0 Å². The summed E-state index contributed by atoms with van der Waals surface area (Å²) in [6.07, 6.45) is -4.76. The summed E-state index contributed by atoms with van der Waals surface area (Å²) in [5, 5.41) is 0.475. The van der Waals surface area contributed by atoms with E-state index in [1.807, 2.05) is 4.90 Å². The second kappa shape index (κ2) is 9.06. The van der Waals surface area contributed by atoms with Gasteiger partial charge in [-0.25, -0.2) is 4.98 Å². The van der Waals surface area contributed by atoms with Crippen LogP contribution in [0.25, 0.3) is 10.2 Å². The van der Waals surface area contributed by atoms with Crippen LogP contribution in [0.2, 0.25) is 0 Å². The molecule has 1 aromatic carbocycles. The zero-order chi connectivity index (χ0) is 21.0. The number of amides is 1. The monoisotopic (exact) mass is 431 g/mol. The molecule has 1 saturated heterocycles. The highest BCUT2D eigenvalue weighted by molar-refractivity contribution is 7.18. The molecule has 2 heterocycles. The average molecular weight is 431 g/mol. The number of nitrogens with zero attached hydrogens (tertiary/aromatic N) is 3. The van der Waals surface area contributed by atoms with E-state index >= 15 is 0 Å². The number of morpholine rings is 1. The van der Waals surface area contributed by atoms with Crippen LogP contribution < -0.4 is 4.74 Å². The van der Waals surface area contributed by atoms with Crippen LogP contribution in [-0.2, 0) is 20.7 Å². The lowest BCUT2D eigenvalue weighted by atomic mass is 10.2. The van der Waals surface area contributed by atoms with Gasteiger partial charge in [-0.15, -0.1) is 24.5 Å². The number of hydrogen-bond donors (Lipinski definition) is 0. The Morgan fingerprint density at radius 1 is 1.31 bits per heavy atom. The molecule has 0 atom stereocenters. The van der Waals surface area contributed by atoms with E-state index in [0.717, 1.165) is 11.3 Å². The fraction of sp³-hybridized carbons (Fsp3) is 0.500. The number of Topliss-reactive ketones (excluding diaryl/α,β-unsaturated/α-hetero) is 1. The SMILES string of the molecule is CN(CC(=O)Cc1nc2ccc(OC(F)(F)F)cc2s1)C(=O)CN1CCOCC1. The number of carbonyl (C=O) groups excluding carboxylic acids is 2. The Hall–Kier alpha value is -2.24. The van der Waals surface area contributed by atoms with Gasteiger partial charge in [0.25, 0.3) is 0 Å². The number of thiazole rings is 1. The lowest BCUT2D eigenvalue weighted by Crippen LogP contribution is -2.44. The molecule has 2 aromatic rings. The van der Waals surface area contributed by atoms with Crippen molar-refractivity contribution < 1.29 is 32.2 Å². The Bertz CT molecular complexity index is 881. The molecule has 0 spiro atoms. The minimum Gasteiger partial charge on any atom is -0.406 e. The highest BCUT2D eigenvalue weighted by atomic mass is 32.1. The molecule has 7 nitrogen and oxygen atoms in total. The Labute approximate surface area is 169 Å². The minimum absolute atomic E-state index is 0.00395. The van der Waals surface area contributed by atoms with Crippen molar-refractivity contribution in [2.75, 3.05) is 46.4 Å². The van der Waals surface area contributed by atoms with E-state index in [9.17, 15) is 22.8 Å². The van der Waals surface area contributed by atoms with E-state index in [0.29, 0.717) is 41.5 Å². The molecule has 1 amide bonds. The van der Waals surface area contributed by atoms with E-state index in [1.165, 1.54) is 23.1 Å². The number of ether oxygens (including phenoxy) is 2. The first-order valence-corrected chi connectivity index (χ1v) is 9.72. The summed E-state index contributed by atoms with van der Waals surface area (Å²) in [4.78, 5) is 32.2. The lowest BCUT2D eigenvalue weighted by molar-refractivity contribution is -0.274. The number of carbonyl (C=O) groups is 2. The lowest BCUT2D eigenvalue weighted by Gasteiger charge is -2.27. The molecule has 0 aliphatic carbocycles. The van der Waals surface area contributed by atoms with Gasteiger partial charge < -0.3 is 14.4 Å². The summed E-state index contributed by atoms with van der Waals surface area (Å²) in [7, 11) is 1.57. The minimum atomic E-state index is -4.77. The molecule has 11 heteroatoms. The van der Waals surface area contributed by atoms with Crippen molar-refractivity contribution >= 4 is 33.2 Å². The van der Waals surface area contributed by atoms with E-state index in [-0.39, 0.29) is 37.0 Å². The van der Waals surface area contributed by atoms with Gasteiger partial charge >= 0.3 is 6.36 Å². The van der Waals surface area contributed by atoms with Gasteiger partial charge in [-0.1, -0.05) is 0 Å². The molecule has 29 heavy (non-hydrogen) atoms. The molecule has 0 saturated carbocycles. The summed E-state index contributed by atoms with van der Waals surface area (Å²) in [5.41, 5.74) is 0.490. The smallest absolute Gasteiger partial charge is 0.406 e. The number of alkyl halides is 3. The van der Waals surface area contributed by atoms with Crippen molar-refractivity contribution in [3.63, 3.8) is 0 Å². The summed E-state index contributed by atoms with van der Waals surface area (Å²) >= 11 is 1.12. The van der Waals surface area contributed by atoms with Crippen LogP contribution in [0.1, 0.15) is 5.01 Å². The number of benzene rings is 1. The number of aromatic nitrogens is 1. The number of hydrogen-bond acceptors (Lipinski definition) is 7. The normalized spacial score (nSPS) is 15.4. The molecule has 1 aliphatic heterocycles. The topological polar surface area (TPSA) is 72.0 Å². The Morgan fingerprint density at radius 3 is 2.72 bits per heavy atom. The second-order valence-electron chi connectivity index (χ2n) is 6.64. The maximum atomic E-state index is 12.3. The Balaban J connectivity index is 1.55. The molecule has 0 radical (unpaired) electrons. The van der Waals surface area contributed by atoms with Crippen LogP contribution in [0.3, 0.4) is 0 Å². The van der Waals surface area contributed by atoms with Gasteiger partial charge in [0.15, 0.2) is 5.78 Å². The van der Waals surface area contributed by atoms with Crippen molar-refractivity contribution in [1.82, 2.24) is 14.8 Å². The van der Waals surface area contributed by atoms with Gasteiger partial charge in [-0.05, 0) is 18.2 Å². The van der Waals surface area contributed by atoms with Gasteiger partial charge in [0.05, 0.1) is 42.9 Å². The van der Waals surface area contributed by atoms with Crippen molar-refractivity contribution in [2.45, 2.75) is 12.8 Å². The highest BCUT2D eigenvalue weighted by Gasteiger charge is 2.31. The summed E-state index contributed by atoms with van der Waals surface area (Å²) in [5.74, 6) is -0.688. The maximum absolute atomic E-state index is 12.3. The maximum Gasteiger partial charge on any atom is 0.573 e. The number of ketones is 1. The van der Waals surface area contributed by atoms with Gasteiger partial charge in [0.1, 0.15) is 10.8 Å². The number of rotatable bonds is 7. The molecule has 1 fully saturated rings. The second-order valence-corrected chi connectivity index (χ2v) is 7.75. The zero-order valence-corrected chi connectivity index (χ0v) is 16.5. The van der Waals surface area contributed by atoms with Crippen molar-refractivity contribution in [2.24, 2.45) is 0 Å². The molecular formula is C18H20F3N3O4S. The van der Waals surface area contributed by atoms with Crippen molar-refractivity contribution in [3.05, 3.63) is 23.2 Å². The molecule has 1 aromatic heterocycles. The van der Waals surface area contributed by atoms with E-state index < -0.39 is 6.36 Å². The molecule has 0 unspecified atom stereocenters. The van der Waals surface area contributed by atoms with Crippen molar-refractivity contribution in [3.8, 4) is 5.75 Å². The number of likely N-dealkylation sites (N-methyl/N-ethyl adjacent to an activating group) is 1. The van der Waals surface area contributed by atoms with Gasteiger partial charge in [-0.3, -0.25) is 14.5 Å². The van der Waals surface area contributed by atoms with Crippen LogP contribution in [0.15, 0.2) is 18.2 Å².